The van der Waals surface area contributed by atoms with E-state index in [4.69, 9.17) is 11.6 Å². The van der Waals surface area contributed by atoms with E-state index in [1.54, 1.807) is 18.6 Å². The molecule has 0 bridgehead atoms. The Balaban J connectivity index is 1.48. The van der Waals surface area contributed by atoms with Gasteiger partial charge in [-0.25, -0.2) is 4.98 Å². The molecule has 4 rings (SSSR count). The van der Waals surface area contributed by atoms with Crippen LogP contribution in [-0.2, 0) is 6.54 Å². The highest BCUT2D eigenvalue weighted by molar-refractivity contribution is 6.31. The molecule has 6 nitrogen and oxygen atoms in total. The third-order valence-electron chi connectivity index (χ3n) is 4.74. The highest BCUT2D eigenvalue weighted by Gasteiger charge is 2.22. The molecule has 1 aliphatic rings. The number of fused-ring (bicyclic) bond motifs is 1. The number of hydrogen-bond donors (Lipinski definition) is 2. The van der Waals surface area contributed by atoms with Crippen molar-refractivity contribution in [2.45, 2.75) is 25.4 Å². The van der Waals surface area contributed by atoms with Gasteiger partial charge in [0, 0.05) is 54.7 Å². The Morgan fingerprint density at radius 2 is 2.23 bits per heavy atom. The van der Waals surface area contributed by atoms with Gasteiger partial charge in [0.05, 0.1) is 5.52 Å². The average Bonchev–Trinajstić information content (AvgIpc) is 2.66. The largest absolute Gasteiger partial charge is 0.350 e. The number of H-pyrrole nitrogens is 1. The van der Waals surface area contributed by atoms with E-state index in [0.29, 0.717) is 17.4 Å². The zero-order chi connectivity index (χ0) is 17.9. The fourth-order valence-corrected chi connectivity index (χ4v) is 3.77. The standard InChI is InChI=1S/C19H20ClN5O/c20-15-9-13-3-1-5-21-17(13)14(10-15)11-24-16-4-2-8-25(12-16)18-19(26)23-7-6-22-18/h1,3,5-7,9-10,16,24H,2,4,8,11-12H2,(H,23,26). The molecule has 1 unspecified atom stereocenters. The van der Waals surface area contributed by atoms with Crippen LogP contribution in [0.4, 0.5) is 5.82 Å². The first-order valence-electron chi connectivity index (χ1n) is 8.76. The van der Waals surface area contributed by atoms with Gasteiger partial charge >= 0.3 is 0 Å². The summed E-state index contributed by atoms with van der Waals surface area (Å²) in [5, 5.41) is 5.36. The molecule has 3 heterocycles. The predicted octanol–water partition coefficient (Wildman–Crippen LogP) is 2.73. The van der Waals surface area contributed by atoms with E-state index in [0.717, 1.165) is 42.4 Å². The third kappa shape index (κ3) is 3.57. The molecule has 2 N–H and O–H groups in total. The Morgan fingerprint density at radius 1 is 1.31 bits per heavy atom. The van der Waals surface area contributed by atoms with Crippen molar-refractivity contribution in [2.75, 3.05) is 18.0 Å². The summed E-state index contributed by atoms with van der Waals surface area (Å²) in [5.74, 6) is 0.494. The molecule has 0 radical (unpaired) electrons. The topological polar surface area (TPSA) is 73.9 Å². The molecule has 3 aromatic rings. The first-order chi connectivity index (χ1) is 12.7. The van der Waals surface area contributed by atoms with Crippen LogP contribution in [0, 0.1) is 0 Å². The smallest absolute Gasteiger partial charge is 0.290 e. The van der Waals surface area contributed by atoms with Gasteiger partial charge in [0.25, 0.3) is 5.56 Å². The summed E-state index contributed by atoms with van der Waals surface area (Å²) in [6, 6.07) is 8.12. The molecule has 1 saturated heterocycles. The van der Waals surface area contributed by atoms with E-state index in [-0.39, 0.29) is 11.6 Å². The van der Waals surface area contributed by atoms with Crippen LogP contribution in [0.2, 0.25) is 5.02 Å². The molecule has 0 spiro atoms. The molecule has 26 heavy (non-hydrogen) atoms. The van der Waals surface area contributed by atoms with E-state index in [9.17, 15) is 4.79 Å². The van der Waals surface area contributed by atoms with Crippen molar-refractivity contribution in [1.82, 2.24) is 20.3 Å². The van der Waals surface area contributed by atoms with Crippen molar-refractivity contribution < 1.29 is 0 Å². The second kappa shape index (κ2) is 7.43. The number of aromatic amines is 1. The Hall–Kier alpha value is -2.44. The number of benzene rings is 1. The van der Waals surface area contributed by atoms with E-state index in [1.807, 2.05) is 29.2 Å². The number of hydrogen-bond acceptors (Lipinski definition) is 5. The Morgan fingerprint density at radius 3 is 3.12 bits per heavy atom. The number of piperidine rings is 1. The number of halogens is 1. The fraction of sp³-hybridized carbons (Fsp3) is 0.316. The maximum absolute atomic E-state index is 12.0. The predicted molar refractivity (Wildman–Crippen MR) is 104 cm³/mol. The molecular formula is C19H20ClN5O. The number of rotatable bonds is 4. The lowest BCUT2D eigenvalue weighted by Crippen LogP contribution is -2.47. The molecule has 0 aliphatic carbocycles. The monoisotopic (exact) mass is 369 g/mol. The van der Waals surface area contributed by atoms with Crippen molar-refractivity contribution >= 4 is 28.3 Å². The summed E-state index contributed by atoms with van der Waals surface area (Å²) in [7, 11) is 0. The number of pyridine rings is 1. The van der Waals surface area contributed by atoms with Crippen molar-refractivity contribution in [2.24, 2.45) is 0 Å². The van der Waals surface area contributed by atoms with Gasteiger partial charge in [0.15, 0.2) is 5.82 Å². The summed E-state index contributed by atoms with van der Waals surface area (Å²) in [5.41, 5.74) is 1.91. The van der Waals surface area contributed by atoms with Crippen LogP contribution in [0.3, 0.4) is 0 Å². The lowest BCUT2D eigenvalue weighted by molar-refractivity contribution is 0.420. The lowest BCUT2D eigenvalue weighted by Gasteiger charge is -2.33. The summed E-state index contributed by atoms with van der Waals surface area (Å²) < 4.78 is 0. The van der Waals surface area contributed by atoms with Crippen LogP contribution in [0.1, 0.15) is 18.4 Å². The summed E-state index contributed by atoms with van der Waals surface area (Å²) in [6.07, 6.45) is 7.06. The van der Waals surface area contributed by atoms with Crippen molar-refractivity contribution in [3.8, 4) is 0 Å². The second-order valence-corrected chi connectivity index (χ2v) is 6.98. The zero-order valence-corrected chi connectivity index (χ0v) is 15.0. The third-order valence-corrected chi connectivity index (χ3v) is 4.96. The molecule has 134 valence electrons. The number of anilines is 1. The van der Waals surface area contributed by atoms with E-state index < -0.39 is 0 Å². The Bertz CT molecular complexity index is 973. The number of nitrogens with zero attached hydrogens (tertiary/aromatic N) is 3. The van der Waals surface area contributed by atoms with Gasteiger partial charge in [-0.2, -0.15) is 0 Å². The number of nitrogens with one attached hydrogen (secondary N) is 2. The van der Waals surface area contributed by atoms with E-state index in [2.05, 4.69) is 20.3 Å². The molecule has 1 aliphatic heterocycles. The van der Waals surface area contributed by atoms with Crippen molar-refractivity contribution in [1.29, 1.82) is 0 Å². The molecular weight excluding hydrogens is 350 g/mol. The first kappa shape index (κ1) is 17.0. The minimum Gasteiger partial charge on any atom is -0.350 e. The maximum atomic E-state index is 12.0. The highest BCUT2D eigenvalue weighted by atomic mass is 35.5. The average molecular weight is 370 g/mol. The zero-order valence-electron chi connectivity index (χ0n) is 14.3. The Labute approximate surface area is 156 Å². The molecule has 0 amide bonds. The van der Waals surface area contributed by atoms with Gasteiger partial charge in [-0.3, -0.25) is 9.78 Å². The van der Waals surface area contributed by atoms with Gasteiger partial charge in [-0.15, -0.1) is 0 Å². The minimum absolute atomic E-state index is 0.141. The van der Waals surface area contributed by atoms with Crippen LogP contribution in [0.15, 0.2) is 47.7 Å². The van der Waals surface area contributed by atoms with Crippen LogP contribution >= 0.6 is 11.6 Å². The normalized spacial score (nSPS) is 17.6. The van der Waals surface area contributed by atoms with Gasteiger partial charge in [0.2, 0.25) is 0 Å². The highest BCUT2D eigenvalue weighted by Crippen LogP contribution is 2.23. The van der Waals surface area contributed by atoms with Crippen LogP contribution < -0.4 is 15.8 Å². The molecule has 7 heteroatoms. The molecule has 2 aromatic heterocycles. The van der Waals surface area contributed by atoms with Crippen LogP contribution in [0.5, 0.6) is 0 Å². The lowest BCUT2D eigenvalue weighted by atomic mass is 10.0. The van der Waals surface area contributed by atoms with Gasteiger partial charge in [0.1, 0.15) is 0 Å². The Kier molecular flexibility index (Phi) is 4.86. The molecule has 1 fully saturated rings. The van der Waals surface area contributed by atoms with Gasteiger partial charge in [-0.1, -0.05) is 17.7 Å². The molecule has 0 saturated carbocycles. The summed E-state index contributed by atoms with van der Waals surface area (Å²) >= 11 is 6.26. The van der Waals surface area contributed by atoms with E-state index >= 15 is 0 Å². The molecule has 1 aromatic carbocycles. The minimum atomic E-state index is -0.141. The number of aromatic nitrogens is 3. The summed E-state index contributed by atoms with van der Waals surface area (Å²) in [6.45, 7) is 2.29. The van der Waals surface area contributed by atoms with E-state index in [1.165, 1.54) is 0 Å². The molecule has 1 atom stereocenters. The van der Waals surface area contributed by atoms with Gasteiger partial charge in [-0.05, 0) is 36.6 Å². The van der Waals surface area contributed by atoms with Crippen LogP contribution in [-0.4, -0.2) is 34.1 Å². The summed E-state index contributed by atoms with van der Waals surface area (Å²) in [4.78, 5) is 25.5. The van der Waals surface area contributed by atoms with Crippen molar-refractivity contribution in [3.63, 3.8) is 0 Å². The second-order valence-electron chi connectivity index (χ2n) is 6.55. The van der Waals surface area contributed by atoms with Gasteiger partial charge < -0.3 is 15.2 Å². The quantitative estimate of drug-likeness (QED) is 0.739. The van der Waals surface area contributed by atoms with Crippen molar-refractivity contribution in [3.05, 3.63) is 63.8 Å². The fourth-order valence-electron chi connectivity index (χ4n) is 3.52. The SMILES string of the molecule is O=c1[nH]ccnc1N1CCCC(NCc2cc(Cl)cc3cccnc23)C1. The first-order valence-corrected chi connectivity index (χ1v) is 9.14. The van der Waals surface area contributed by atoms with Crippen LogP contribution in [0.25, 0.3) is 10.9 Å². The maximum Gasteiger partial charge on any atom is 0.290 e.